The fraction of sp³-hybridized carbons (Fsp3) is 0.308. The molecule has 2 rings (SSSR count). The summed E-state index contributed by atoms with van der Waals surface area (Å²) in [6.45, 7) is 4.10. The second-order valence-corrected chi connectivity index (χ2v) is 6.00. The molecule has 0 fully saturated rings. The van der Waals surface area contributed by atoms with Crippen molar-refractivity contribution in [3.8, 4) is 0 Å². The number of rotatable bonds is 6. The van der Waals surface area contributed by atoms with Crippen LogP contribution in [0.5, 0.6) is 0 Å². The first-order valence-corrected chi connectivity index (χ1v) is 7.88. The highest BCUT2D eigenvalue weighted by atomic mass is 32.2. The van der Waals surface area contributed by atoms with Crippen LogP contribution < -0.4 is 10.5 Å². The average Bonchev–Trinajstić information content (AvgIpc) is 2.86. The van der Waals surface area contributed by atoms with Crippen molar-refractivity contribution in [3.05, 3.63) is 47.8 Å². The number of nitrogens with one attached hydrogen (secondary N) is 1. The van der Waals surface area contributed by atoms with E-state index < -0.39 is 10.0 Å². The van der Waals surface area contributed by atoms with Gasteiger partial charge in [0.25, 0.3) is 0 Å². The van der Waals surface area contributed by atoms with Gasteiger partial charge >= 0.3 is 0 Å². The quantitative estimate of drug-likeness (QED) is 0.826. The zero-order valence-electron chi connectivity index (χ0n) is 11.3. The van der Waals surface area contributed by atoms with E-state index in [0.29, 0.717) is 13.1 Å². The molecule has 1 heterocycles. The molecule has 0 aliphatic heterocycles. The Hall–Kier alpha value is -1.70. The van der Waals surface area contributed by atoms with E-state index in [0.717, 1.165) is 17.8 Å². The van der Waals surface area contributed by atoms with Gasteiger partial charge in [0.15, 0.2) is 0 Å². The molecule has 0 saturated heterocycles. The van der Waals surface area contributed by atoms with E-state index in [1.165, 1.54) is 6.07 Å². The summed E-state index contributed by atoms with van der Waals surface area (Å²) < 4.78 is 24.5. The number of primary sulfonamides is 1. The minimum atomic E-state index is -3.65. The van der Waals surface area contributed by atoms with Gasteiger partial charge in [-0.25, -0.2) is 13.6 Å². The molecule has 0 atom stereocenters. The van der Waals surface area contributed by atoms with E-state index in [4.69, 9.17) is 5.14 Å². The summed E-state index contributed by atoms with van der Waals surface area (Å²) in [7, 11) is -3.65. The monoisotopic (exact) mass is 294 g/mol. The first-order valence-electron chi connectivity index (χ1n) is 6.34. The maximum Gasteiger partial charge on any atom is 0.238 e. The van der Waals surface area contributed by atoms with Crippen LogP contribution in [0, 0.1) is 0 Å². The van der Waals surface area contributed by atoms with E-state index in [9.17, 15) is 8.42 Å². The van der Waals surface area contributed by atoms with E-state index in [-0.39, 0.29) is 4.90 Å². The molecule has 3 N–H and O–H groups in total. The summed E-state index contributed by atoms with van der Waals surface area (Å²) in [5.74, 6) is 0. The standard InChI is InChI=1S/C13H18N4O2S/c1-2-17-12(6-7-16-17)10-15-9-11-4-3-5-13(8-11)20(14,18)19/h3-8,15H,2,9-10H2,1H3,(H2,14,18,19). The summed E-state index contributed by atoms with van der Waals surface area (Å²) in [4.78, 5) is 0.135. The third-order valence-corrected chi connectivity index (χ3v) is 3.88. The van der Waals surface area contributed by atoms with Crippen LogP contribution in [0.1, 0.15) is 18.2 Å². The minimum absolute atomic E-state index is 0.135. The molecule has 0 unspecified atom stereocenters. The molecule has 108 valence electrons. The van der Waals surface area contributed by atoms with Crippen molar-refractivity contribution in [2.75, 3.05) is 0 Å². The molecule has 0 bridgehead atoms. The summed E-state index contributed by atoms with van der Waals surface area (Å²) in [6.07, 6.45) is 1.77. The lowest BCUT2D eigenvalue weighted by Crippen LogP contribution is -2.17. The van der Waals surface area contributed by atoms with Crippen molar-refractivity contribution in [3.63, 3.8) is 0 Å². The molecule has 1 aromatic heterocycles. The number of benzene rings is 1. The number of hydrogen-bond acceptors (Lipinski definition) is 4. The zero-order valence-corrected chi connectivity index (χ0v) is 12.1. The van der Waals surface area contributed by atoms with Crippen LogP contribution >= 0.6 is 0 Å². The van der Waals surface area contributed by atoms with Crippen LogP contribution in [0.3, 0.4) is 0 Å². The number of aromatic nitrogens is 2. The molecule has 0 amide bonds. The minimum Gasteiger partial charge on any atom is -0.307 e. The fourth-order valence-corrected chi connectivity index (χ4v) is 2.55. The highest BCUT2D eigenvalue weighted by Crippen LogP contribution is 2.09. The topological polar surface area (TPSA) is 90.0 Å². The van der Waals surface area contributed by atoms with E-state index in [1.807, 2.05) is 23.7 Å². The average molecular weight is 294 g/mol. The van der Waals surface area contributed by atoms with Crippen LogP contribution in [-0.2, 0) is 29.7 Å². The number of aryl methyl sites for hydroxylation is 1. The Bertz CT molecular complexity index is 679. The number of nitrogens with two attached hydrogens (primary N) is 1. The Morgan fingerprint density at radius 1 is 1.30 bits per heavy atom. The van der Waals surface area contributed by atoms with Crippen LogP contribution in [0.2, 0.25) is 0 Å². The van der Waals surface area contributed by atoms with Gasteiger partial charge in [-0.05, 0) is 30.7 Å². The van der Waals surface area contributed by atoms with Crippen molar-refractivity contribution in [1.82, 2.24) is 15.1 Å². The largest absolute Gasteiger partial charge is 0.307 e. The molecular formula is C13H18N4O2S. The van der Waals surface area contributed by atoms with Crippen molar-refractivity contribution < 1.29 is 8.42 Å². The lowest BCUT2D eigenvalue weighted by atomic mass is 10.2. The normalized spacial score (nSPS) is 11.7. The third-order valence-electron chi connectivity index (χ3n) is 2.97. The van der Waals surface area contributed by atoms with E-state index in [2.05, 4.69) is 10.4 Å². The maximum absolute atomic E-state index is 11.3. The smallest absolute Gasteiger partial charge is 0.238 e. The predicted molar refractivity (Wildman–Crippen MR) is 76.3 cm³/mol. The Morgan fingerprint density at radius 2 is 2.10 bits per heavy atom. The predicted octanol–water partition coefficient (Wildman–Crippen LogP) is 0.840. The van der Waals surface area contributed by atoms with Gasteiger partial charge in [-0.15, -0.1) is 0 Å². The van der Waals surface area contributed by atoms with Crippen molar-refractivity contribution in [2.45, 2.75) is 31.5 Å². The van der Waals surface area contributed by atoms with Gasteiger partial charge < -0.3 is 5.32 Å². The van der Waals surface area contributed by atoms with Gasteiger partial charge in [-0.1, -0.05) is 12.1 Å². The molecule has 0 aliphatic rings. The van der Waals surface area contributed by atoms with Crippen molar-refractivity contribution in [2.24, 2.45) is 5.14 Å². The summed E-state index contributed by atoms with van der Waals surface area (Å²) in [5, 5.41) is 12.6. The van der Waals surface area contributed by atoms with Gasteiger partial charge in [-0.2, -0.15) is 5.10 Å². The first-order chi connectivity index (χ1) is 9.50. The van der Waals surface area contributed by atoms with Gasteiger partial charge in [0.05, 0.1) is 10.6 Å². The van der Waals surface area contributed by atoms with Crippen LogP contribution in [0.4, 0.5) is 0 Å². The third kappa shape index (κ3) is 3.66. The Labute approximate surface area is 118 Å². The van der Waals surface area contributed by atoms with E-state index in [1.54, 1.807) is 18.3 Å². The van der Waals surface area contributed by atoms with Crippen molar-refractivity contribution >= 4 is 10.0 Å². The molecule has 7 heteroatoms. The Kier molecular flexibility index (Phi) is 4.53. The second-order valence-electron chi connectivity index (χ2n) is 4.43. The highest BCUT2D eigenvalue weighted by molar-refractivity contribution is 7.89. The molecule has 0 saturated carbocycles. The summed E-state index contributed by atoms with van der Waals surface area (Å²) in [5.41, 5.74) is 1.97. The molecule has 6 nitrogen and oxygen atoms in total. The molecule has 1 aromatic carbocycles. The second kappa shape index (κ2) is 6.17. The van der Waals surface area contributed by atoms with Gasteiger partial charge in [-0.3, -0.25) is 4.68 Å². The molecule has 0 aliphatic carbocycles. The zero-order chi connectivity index (χ0) is 14.6. The van der Waals surface area contributed by atoms with Crippen molar-refractivity contribution in [1.29, 1.82) is 0 Å². The van der Waals surface area contributed by atoms with Crippen LogP contribution in [-0.4, -0.2) is 18.2 Å². The number of hydrogen-bond donors (Lipinski definition) is 2. The molecule has 0 spiro atoms. The van der Waals surface area contributed by atoms with Gasteiger partial charge in [0.2, 0.25) is 10.0 Å². The molecule has 2 aromatic rings. The molecule has 0 radical (unpaired) electrons. The lowest BCUT2D eigenvalue weighted by Gasteiger charge is -2.08. The summed E-state index contributed by atoms with van der Waals surface area (Å²) >= 11 is 0. The van der Waals surface area contributed by atoms with Crippen LogP contribution in [0.15, 0.2) is 41.4 Å². The van der Waals surface area contributed by atoms with Gasteiger partial charge in [0, 0.05) is 25.8 Å². The van der Waals surface area contributed by atoms with E-state index >= 15 is 0 Å². The first kappa shape index (κ1) is 14.7. The SMILES string of the molecule is CCn1nccc1CNCc1cccc(S(N)(=O)=O)c1. The highest BCUT2D eigenvalue weighted by Gasteiger charge is 2.07. The van der Waals surface area contributed by atoms with Gasteiger partial charge in [0.1, 0.15) is 0 Å². The number of nitrogens with zero attached hydrogens (tertiary/aromatic N) is 2. The molecule has 20 heavy (non-hydrogen) atoms. The lowest BCUT2D eigenvalue weighted by molar-refractivity contribution is 0.580. The Balaban J connectivity index is 1.98. The summed E-state index contributed by atoms with van der Waals surface area (Å²) in [6, 6.07) is 8.58. The fourth-order valence-electron chi connectivity index (χ4n) is 1.96. The van der Waals surface area contributed by atoms with Crippen LogP contribution in [0.25, 0.3) is 0 Å². The number of sulfonamides is 1. The molecular weight excluding hydrogens is 276 g/mol. The maximum atomic E-state index is 11.3. The Morgan fingerprint density at radius 3 is 2.80 bits per heavy atom.